The highest BCUT2D eigenvalue weighted by atomic mass is 32.2. The number of carbonyl (C=O) groups is 2. The van der Waals surface area contributed by atoms with Gasteiger partial charge in [-0.15, -0.1) is 11.8 Å². The van der Waals surface area contributed by atoms with Crippen molar-refractivity contribution < 1.29 is 14.7 Å². The van der Waals surface area contributed by atoms with Gasteiger partial charge in [0.2, 0.25) is 5.91 Å². The third-order valence-corrected chi connectivity index (χ3v) is 5.91. The Balaban J connectivity index is 1.91. The van der Waals surface area contributed by atoms with E-state index in [0.717, 1.165) is 22.4 Å². The molecule has 136 valence electrons. The molecule has 1 atom stereocenters. The number of carboxylic acid groups (broad SMARTS) is 1. The quantitative estimate of drug-likeness (QED) is 0.790. The number of hydrogen-bond acceptors (Lipinski definition) is 4. The predicted molar refractivity (Wildman–Crippen MR) is 103 cm³/mol. The van der Waals surface area contributed by atoms with E-state index in [1.807, 2.05) is 42.5 Å². The van der Waals surface area contributed by atoms with Gasteiger partial charge in [-0.1, -0.05) is 30.3 Å². The first-order valence-corrected chi connectivity index (χ1v) is 9.31. The zero-order valence-electron chi connectivity index (χ0n) is 14.6. The summed E-state index contributed by atoms with van der Waals surface area (Å²) in [7, 11) is 0. The second-order valence-electron chi connectivity index (χ2n) is 6.73. The fourth-order valence-corrected chi connectivity index (χ4v) is 4.50. The van der Waals surface area contributed by atoms with Crippen molar-refractivity contribution in [2.75, 3.05) is 12.3 Å². The molecule has 0 saturated heterocycles. The van der Waals surface area contributed by atoms with Gasteiger partial charge in [-0.25, -0.2) is 0 Å². The van der Waals surface area contributed by atoms with Gasteiger partial charge in [0, 0.05) is 23.7 Å². The molecular weight excluding hydrogens is 348 g/mol. The van der Waals surface area contributed by atoms with Gasteiger partial charge in [0.15, 0.2) is 0 Å². The number of amides is 1. The van der Waals surface area contributed by atoms with Gasteiger partial charge < -0.3 is 15.7 Å². The maximum atomic E-state index is 13.2. The highest BCUT2D eigenvalue weighted by Gasteiger charge is 2.42. The summed E-state index contributed by atoms with van der Waals surface area (Å²) in [6, 6.07) is 15.5. The zero-order valence-corrected chi connectivity index (χ0v) is 15.5. The molecule has 6 heteroatoms. The van der Waals surface area contributed by atoms with Crippen molar-refractivity contribution in [2.45, 2.75) is 36.0 Å². The van der Waals surface area contributed by atoms with Crippen molar-refractivity contribution in [2.24, 2.45) is 0 Å². The van der Waals surface area contributed by atoms with Crippen LogP contribution in [0, 0.1) is 0 Å². The third kappa shape index (κ3) is 4.02. The first-order chi connectivity index (χ1) is 12.4. The summed E-state index contributed by atoms with van der Waals surface area (Å²) >= 11 is 1.32. The number of nitrogens with two attached hydrogens (primary N) is 1. The Morgan fingerprint density at radius 2 is 2.00 bits per heavy atom. The van der Waals surface area contributed by atoms with E-state index in [1.165, 1.54) is 11.8 Å². The molecule has 26 heavy (non-hydrogen) atoms. The number of thioether (sulfide) groups is 1. The van der Waals surface area contributed by atoms with Crippen LogP contribution in [0.3, 0.4) is 0 Å². The van der Waals surface area contributed by atoms with E-state index >= 15 is 0 Å². The summed E-state index contributed by atoms with van der Waals surface area (Å²) in [5.41, 5.74) is 8.67. The first kappa shape index (κ1) is 18.3. The fourth-order valence-electron chi connectivity index (χ4n) is 3.21. The lowest BCUT2D eigenvalue weighted by Gasteiger charge is -2.30. The number of carbonyl (C=O) groups excluding carboxylic acids is 1. The van der Waals surface area contributed by atoms with Crippen molar-refractivity contribution in [3.63, 3.8) is 0 Å². The average molecular weight is 370 g/mol. The molecule has 1 unspecified atom stereocenters. The van der Waals surface area contributed by atoms with Crippen LogP contribution < -0.4 is 5.73 Å². The Kier molecular flexibility index (Phi) is 5.23. The summed E-state index contributed by atoms with van der Waals surface area (Å²) in [6.07, 6.45) is 0.500. The maximum absolute atomic E-state index is 13.2. The first-order valence-electron chi connectivity index (χ1n) is 8.50. The minimum atomic E-state index is -1.04. The van der Waals surface area contributed by atoms with Crippen molar-refractivity contribution >= 4 is 29.3 Å². The van der Waals surface area contributed by atoms with E-state index < -0.39 is 10.7 Å². The van der Waals surface area contributed by atoms with Crippen LogP contribution in [0.1, 0.15) is 24.5 Å². The lowest BCUT2D eigenvalue weighted by Crippen LogP contribution is -2.45. The van der Waals surface area contributed by atoms with Gasteiger partial charge in [0.25, 0.3) is 0 Å². The number of aliphatic carboxylic acids is 1. The average Bonchev–Trinajstić information content (AvgIpc) is 2.69. The summed E-state index contributed by atoms with van der Waals surface area (Å²) < 4.78 is -1.04. The van der Waals surface area contributed by atoms with Crippen LogP contribution in [0.4, 0.5) is 5.69 Å². The number of rotatable bonds is 5. The number of fused-ring (bicyclic) bond motifs is 1. The van der Waals surface area contributed by atoms with Gasteiger partial charge >= 0.3 is 5.97 Å². The molecule has 1 heterocycles. The standard InChI is InChI=1S/C20H22N2O3S/c1-20(12-18(23)24)19(25)22(10-9-14-5-3-2-4-6-14)13-15-11-16(21)7-8-17(15)26-20/h2-8,11H,9-10,12-13,21H2,1H3,(H,23,24). The van der Waals surface area contributed by atoms with Crippen LogP contribution >= 0.6 is 11.8 Å². The molecule has 5 nitrogen and oxygen atoms in total. The Labute approximate surface area is 157 Å². The molecule has 3 rings (SSSR count). The molecule has 1 aliphatic rings. The van der Waals surface area contributed by atoms with E-state index in [2.05, 4.69) is 0 Å². The van der Waals surface area contributed by atoms with Crippen molar-refractivity contribution in [3.8, 4) is 0 Å². The van der Waals surface area contributed by atoms with Crippen LogP contribution in [-0.4, -0.2) is 33.2 Å². The topological polar surface area (TPSA) is 83.6 Å². The van der Waals surface area contributed by atoms with Crippen LogP contribution in [0.25, 0.3) is 0 Å². The van der Waals surface area contributed by atoms with Crippen LogP contribution in [0.15, 0.2) is 53.4 Å². The monoisotopic (exact) mass is 370 g/mol. The number of nitrogens with zero attached hydrogens (tertiary/aromatic N) is 1. The van der Waals surface area contributed by atoms with E-state index in [9.17, 15) is 14.7 Å². The predicted octanol–water partition coefficient (Wildman–Crippen LogP) is 3.18. The van der Waals surface area contributed by atoms with Gasteiger partial charge in [-0.3, -0.25) is 9.59 Å². The van der Waals surface area contributed by atoms with Gasteiger partial charge in [0.05, 0.1) is 6.42 Å². The summed E-state index contributed by atoms with van der Waals surface area (Å²) in [5, 5.41) is 9.32. The third-order valence-electron chi connectivity index (χ3n) is 4.52. The maximum Gasteiger partial charge on any atom is 0.305 e. The molecule has 1 amide bonds. The zero-order chi connectivity index (χ0) is 18.7. The molecule has 1 aliphatic heterocycles. The number of hydrogen-bond donors (Lipinski definition) is 2. The van der Waals surface area contributed by atoms with E-state index in [4.69, 9.17) is 5.73 Å². The summed E-state index contributed by atoms with van der Waals surface area (Å²) in [6.45, 7) is 2.69. The number of benzene rings is 2. The molecule has 0 radical (unpaired) electrons. The molecule has 0 aliphatic carbocycles. The highest BCUT2D eigenvalue weighted by molar-refractivity contribution is 8.01. The van der Waals surface area contributed by atoms with Crippen molar-refractivity contribution in [3.05, 3.63) is 59.7 Å². The summed E-state index contributed by atoms with van der Waals surface area (Å²) in [4.78, 5) is 27.2. The van der Waals surface area contributed by atoms with E-state index in [-0.39, 0.29) is 12.3 Å². The normalized spacial score (nSPS) is 19.7. The second-order valence-corrected chi connectivity index (χ2v) is 8.28. The highest BCUT2D eigenvalue weighted by Crippen LogP contribution is 2.42. The number of carboxylic acids is 1. The van der Waals surface area contributed by atoms with Crippen LogP contribution in [0.2, 0.25) is 0 Å². The molecule has 2 aromatic rings. The molecule has 0 fully saturated rings. The fraction of sp³-hybridized carbons (Fsp3) is 0.300. The minimum absolute atomic E-state index is 0.143. The lowest BCUT2D eigenvalue weighted by atomic mass is 10.0. The number of anilines is 1. The molecule has 0 spiro atoms. The Morgan fingerprint density at radius 1 is 1.27 bits per heavy atom. The van der Waals surface area contributed by atoms with E-state index in [1.54, 1.807) is 17.9 Å². The Hall–Kier alpha value is -2.47. The van der Waals surface area contributed by atoms with Crippen LogP contribution in [-0.2, 0) is 22.6 Å². The summed E-state index contributed by atoms with van der Waals surface area (Å²) in [5.74, 6) is -1.12. The molecular formula is C20H22N2O3S. The van der Waals surface area contributed by atoms with Crippen molar-refractivity contribution in [1.29, 1.82) is 0 Å². The second kappa shape index (κ2) is 7.41. The minimum Gasteiger partial charge on any atom is -0.481 e. The Bertz CT molecular complexity index is 825. The molecule has 2 aromatic carbocycles. The molecule has 0 saturated carbocycles. The van der Waals surface area contributed by atoms with Crippen molar-refractivity contribution in [1.82, 2.24) is 4.90 Å². The van der Waals surface area contributed by atoms with Crippen LogP contribution in [0.5, 0.6) is 0 Å². The van der Waals surface area contributed by atoms with Gasteiger partial charge in [-0.2, -0.15) is 0 Å². The van der Waals surface area contributed by atoms with Gasteiger partial charge in [0.1, 0.15) is 4.75 Å². The largest absolute Gasteiger partial charge is 0.481 e. The smallest absolute Gasteiger partial charge is 0.305 e. The number of nitrogen functional groups attached to an aromatic ring is 1. The molecule has 0 aromatic heterocycles. The molecule has 3 N–H and O–H groups in total. The SMILES string of the molecule is CC1(CC(=O)O)Sc2ccc(N)cc2CN(CCc2ccccc2)C1=O. The molecule has 0 bridgehead atoms. The van der Waals surface area contributed by atoms with E-state index in [0.29, 0.717) is 18.8 Å². The van der Waals surface area contributed by atoms with Gasteiger partial charge in [-0.05, 0) is 42.7 Å². The Morgan fingerprint density at radius 3 is 2.69 bits per heavy atom. The lowest BCUT2D eigenvalue weighted by molar-refractivity contribution is -0.142.